The number of aliphatic carboxylic acids is 2. The van der Waals surface area contributed by atoms with Crippen molar-refractivity contribution in [3.05, 3.63) is 37.4 Å². The number of rotatable bonds is 4. The van der Waals surface area contributed by atoms with Gasteiger partial charge in [0.2, 0.25) is 5.78 Å². The Balaban J connectivity index is 0.000000298. The van der Waals surface area contributed by atoms with Gasteiger partial charge in [0.15, 0.2) is 0 Å². The number of carboxylic acid groups (broad SMARTS) is 2. The van der Waals surface area contributed by atoms with Crippen LogP contribution in [0.25, 0.3) is 0 Å². The van der Waals surface area contributed by atoms with Crippen molar-refractivity contribution < 1.29 is 24.6 Å². The number of hydrogen-bond acceptors (Lipinski definition) is 5. The van der Waals surface area contributed by atoms with Crippen LogP contribution in [0.15, 0.2) is 37.4 Å². The number of aromatic amines is 2. The summed E-state index contributed by atoms with van der Waals surface area (Å²) in [4.78, 5) is 42.6. The minimum atomic E-state index is -1.58. The first-order valence-electron chi connectivity index (χ1n) is 5.37. The van der Waals surface area contributed by atoms with Crippen molar-refractivity contribution in [2.45, 2.75) is 12.8 Å². The molecular formula is C11H14N4O5. The maximum atomic E-state index is 10.2. The maximum Gasteiger partial charge on any atom is 0.372 e. The molecule has 0 bridgehead atoms. The minimum Gasteiger partial charge on any atom is -0.481 e. The summed E-state index contributed by atoms with van der Waals surface area (Å²) < 4.78 is 0. The molecule has 0 aliphatic rings. The Hall–Kier alpha value is -2.97. The molecule has 2 heterocycles. The Labute approximate surface area is 113 Å². The molecule has 2 aromatic rings. The summed E-state index contributed by atoms with van der Waals surface area (Å²) in [6.45, 7) is 0. The first kappa shape index (κ1) is 17.0. The third-order valence-corrected chi connectivity index (χ3v) is 1.62. The minimum absolute atomic E-state index is 0.425. The van der Waals surface area contributed by atoms with Crippen LogP contribution in [0.1, 0.15) is 12.8 Å². The van der Waals surface area contributed by atoms with E-state index in [2.05, 4.69) is 19.9 Å². The molecule has 2 aromatic heterocycles. The molecule has 9 nitrogen and oxygen atoms in total. The number of hydrogen-bond donors (Lipinski definition) is 4. The summed E-state index contributed by atoms with van der Waals surface area (Å²) in [6.07, 6.45) is 9.30. The lowest BCUT2D eigenvalue weighted by Gasteiger charge is -1.88. The van der Waals surface area contributed by atoms with E-state index >= 15 is 0 Å². The smallest absolute Gasteiger partial charge is 0.372 e. The molecule has 20 heavy (non-hydrogen) atoms. The van der Waals surface area contributed by atoms with Gasteiger partial charge in [-0.2, -0.15) is 0 Å². The van der Waals surface area contributed by atoms with Gasteiger partial charge in [0.25, 0.3) is 0 Å². The Morgan fingerprint density at radius 1 is 0.900 bits per heavy atom. The number of carbonyl (C=O) groups is 3. The lowest BCUT2D eigenvalue weighted by Crippen LogP contribution is -2.13. The van der Waals surface area contributed by atoms with Crippen molar-refractivity contribution in [3.63, 3.8) is 0 Å². The highest BCUT2D eigenvalue weighted by Crippen LogP contribution is 1.89. The number of nitrogens with one attached hydrogen (secondary N) is 2. The molecule has 0 aromatic carbocycles. The van der Waals surface area contributed by atoms with Crippen LogP contribution in [-0.2, 0) is 14.4 Å². The zero-order valence-electron chi connectivity index (χ0n) is 10.4. The van der Waals surface area contributed by atoms with Crippen molar-refractivity contribution in [1.82, 2.24) is 19.9 Å². The van der Waals surface area contributed by atoms with Crippen LogP contribution in [0.3, 0.4) is 0 Å². The second kappa shape index (κ2) is 11.1. The topological polar surface area (TPSA) is 149 Å². The van der Waals surface area contributed by atoms with E-state index in [1.807, 2.05) is 0 Å². The van der Waals surface area contributed by atoms with E-state index in [4.69, 9.17) is 10.2 Å². The highest BCUT2D eigenvalue weighted by molar-refractivity contribution is 6.32. The van der Waals surface area contributed by atoms with Crippen molar-refractivity contribution in [2.75, 3.05) is 0 Å². The third-order valence-electron chi connectivity index (χ3n) is 1.62. The summed E-state index contributed by atoms with van der Waals surface area (Å²) in [5.41, 5.74) is 0. The largest absolute Gasteiger partial charge is 0.481 e. The number of aromatic nitrogens is 4. The molecular weight excluding hydrogens is 268 g/mol. The number of nitrogens with zero attached hydrogens (tertiary/aromatic N) is 2. The number of imidazole rings is 2. The Morgan fingerprint density at radius 3 is 1.60 bits per heavy atom. The van der Waals surface area contributed by atoms with E-state index in [0.717, 1.165) is 0 Å². The molecule has 0 saturated carbocycles. The predicted octanol–water partition coefficient (Wildman–Crippen LogP) is 0.324. The normalized spacial score (nSPS) is 8.40. The zero-order valence-corrected chi connectivity index (χ0v) is 10.4. The van der Waals surface area contributed by atoms with Gasteiger partial charge in [-0.1, -0.05) is 0 Å². The molecule has 0 spiro atoms. The van der Waals surface area contributed by atoms with E-state index in [9.17, 15) is 14.4 Å². The van der Waals surface area contributed by atoms with E-state index in [1.54, 1.807) is 37.4 Å². The average Bonchev–Trinajstić information content (AvgIpc) is 3.11. The average molecular weight is 282 g/mol. The molecule has 0 amide bonds. The fourth-order valence-corrected chi connectivity index (χ4v) is 0.758. The summed E-state index contributed by atoms with van der Waals surface area (Å²) in [5, 5.41) is 16.0. The Bertz CT molecular complexity index is 420. The van der Waals surface area contributed by atoms with Gasteiger partial charge in [-0.05, 0) is 0 Å². The van der Waals surface area contributed by atoms with Crippen LogP contribution >= 0.6 is 0 Å². The quantitative estimate of drug-likeness (QED) is 0.590. The summed E-state index contributed by atoms with van der Waals surface area (Å²) in [7, 11) is 0. The number of ketones is 1. The van der Waals surface area contributed by atoms with Crippen LogP contribution in [0.2, 0.25) is 0 Å². The van der Waals surface area contributed by atoms with E-state index in [-0.39, 0.29) is 0 Å². The van der Waals surface area contributed by atoms with Crippen LogP contribution in [0, 0.1) is 0 Å². The monoisotopic (exact) mass is 282 g/mol. The molecule has 0 radical (unpaired) electrons. The van der Waals surface area contributed by atoms with Gasteiger partial charge in [-0.25, -0.2) is 14.8 Å². The number of Topliss-reactive ketones (excluding diaryl/α,β-unsaturated/α-hetero) is 1. The number of H-pyrrole nitrogens is 2. The lowest BCUT2D eigenvalue weighted by atomic mass is 10.2. The molecule has 9 heteroatoms. The van der Waals surface area contributed by atoms with Gasteiger partial charge in [0, 0.05) is 31.2 Å². The number of carboxylic acids is 2. The van der Waals surface area contributed by atoms with Crippen molar-refractivity contribution in [1.29, 1.82) is 0 Å². The van der Waals surface area contributed by atoms with Gasteiger partial charge >= 0.3 is 11.9 Å². The van der Waals surface area contributed by atoms with E-state index < -0.39 is 30.6 Å². The van der Waals surface area contributed by atoms with Crippen molar-refractivity contribution in [3.8, 4) is 0 Å². The highest BCUT2D eigenvalue weighted by Gasteiger charge is 2.12. The van der Waals surface area contributed by atoms with Crippen LogP contribution in [0.5, 0.6) is 0 Å². The van der Waals surface area contributed by atoms with Gasteiger partial charge in [-0.15, -0.1) is 0 Å². The van der Waals surface area contributed by atoms with Crippen LogP contribution in [-0.4, -0.2) is 47.9 Å². The van der Waals surface area contributed by atoms with Crippen LogP contribution in [0.4, 0.5) is 0 Å². The van der Waals surface area contributed by atoms with Gasteiger partial charge in [0.05, 0.1) is 19.1 Å². The molecule has 0 saturated heterocycles. The second-order valence-electron chi connectivity index (χ2n) is 3.14. The highest BCUT2D eigenvalue weighted by atomic mass is 16.4. The van der Waals surface area contributed by atoms with Gasteiger partial charge in [0.1, 0.15) is 0 Å². The second-order valence-corrected chi connectivity index (χ2v) is 3.14. The Morgan fingerprint density at radius 2 is 1.40 bits per heavy atom. The first-order chi connectivity index (χ1) is 9.54. The van der Waals surface area contributed by atoms with E-state index in [1.165, 1.54) is 0 Å². The summed E-state index contributed by atoms with van der Waals surface area (Å²) >= 11 is 0. The van der Waals surface area contributed by atoms with Gasteiger partial charge < -0.3 is 20.2 Å². The molecule has 0 atom stereocenters. The first-order valence-corrected chi connectivity index (χ1v) is 5.37. The molecule has 0 aliphatic carbocycles. The molecule has 2 rings (SSSR count). The van der Waals surface area contributed by atoms with E-state index in [0.29, 0.717) is 0 Å². The fourth-order valence-electron chi connectivity index (χ4n) is 0.758. The number of carbonyl (C=O) groups excluding carboxylic acids is 1. The molecule has 108 valence electrons. The summed E-state index contributed by atoms with van der Waals surface area (Å²) in [5.74, 6) is -3.82. The van der Waals surface area contributed by atoms with Crippen molar-refractivity contribution in [2.24, 2.45) is 0 Å². The summed E-state index contributed by atoms with van der Waals surface area (Å²) in [6, 6.07) is 0. The van der Waals surface area contributed by atoms with Gasteiger partial charge in [-0.3, -0.25) is 9.59 Å². The zero-order chi connectivity index (χ0) is 15.2. The standard InChI is InChI=1S/C5H6O5.2C3H4N2/c6-3(5(9)10)1-2-4(7)8;2*1-2-5-3-4-1/h1-2H2,(H,7,8)(H,9,10);2*1-3H,(H,4,5). The SMILES string of the molecule is O=C(O)CCC(=O)C(=O)O.c1c[nH]cn1.c1c[nH]cn1. The van der Waals surface area contributed by atoms with Crippen LogP contribution < -0.4 is 0 Å². The molecule has 4 N–H and O–H groups in total. The third kappa shape index (κ3) is 11.5. The lowest BCUT2D eigenvalue weighted by molar-refractivity contribution is -0.149. The van der Waals surface area contributed by atoms with Crippen molar-refractivity contribution >= 4 is 17.7 Å². The molecule has 0 unspecified atom stereocenters. The Kier molecular flexibility index (Phi) is 9.49. The predicted molar refractivity (Wildman–Crippen MR) is 66.7 cm³/mol. The molecule has 0 fully saturated rings. The maximum absolute atomic E-state index is 10.2. The molecule has 0 aliphatic heterocycles. The fraction of sp³-hybridized carbons (Fsp3) is 0.182.